The third-order valence-corrected chi connectivity index (χ3v) is 4.20. The third kappa shape index (κ3) is 2.33. The number of hydrogen-bond donors (Lipinski definition) is 0. The maximum atomic E-state index is 13.4. The summed E-state index contributed by atoms with van der Waals surface area (Å²) in [5.74, 6) is 0. The second-order valence-electron chi connectivity index (χ2n) is 6.01. The molecule has 0 radical (unpaired) electrons. The SMILES string of the molecule is C[N+]1(C)CCC(C(F)(F)F)=C1c1cccc2ccccc12. The fraction of sp³-hybridized carbons (Fsp3) is 0.294. The Labute approximate surface area is 121 Å². The highest BCUT2D eigenvalue weighted by molar-refractivity contribution is 5.93. The molecule has 110 valence electrons. The van der Waals surface area contributed by atoms with Gasteiger partial charge in [0.15, 0.2) is 0 Å². The number of benzene rings is 2. The zero-order chi connectivity index (χ0) is 15.3. The van der Waals surface area contributed by atoms with E-state index < -0.39 is 6.18 Å². The molecule has 0 unspecified atom stereocenters. The predicted molar refractivity (Wildman–Crippen MR) is 78.5 cm³/mol. The molecule has 0 amide bonds. The van der Waals surface area contributed by atoms with Gasteiger partial charge in [0.05, 0.1) is 20.6 Å². The van der Waals surface area contributed by atoms with Gasteiger partial charge in [-0.1, -0.05) is 36.4 Å². The lowest BCUT2D eigenvalue weighted by Crippen LogP contribution is -2.35. The van der Waals surface area contributed by atoms with Gasteiger partial charge in [0.25, 0.3) is 0 Å². The van der Waals surface area contributed by atoms with Gasteiger partial charge in [-0.15, -0.1) is 0 Å². The van der Waals surface area contributed by atoms with Gasteiger partial charge in [0.1, 0.15) is 11.3 Å². The van der Waals surface area contributed by atoms with Crippen molar-refractivity contribution in [2.45, 2.75) is 12.6 Å². The maximum absolute atomic E-state index is 13.4. The lowest BCUT2D eigenvalue weighted by atomic mass is 9.99. The minimum atomic E-state index is -4.27. The molecule has 4 heteroatoms. The normalized spacial score (nSPS) is 18.5. The number of halogens is 3. The number of quaternary nitrogens is 1. The lowest BCUT2D eigenvalue weighted by Gasteiger charge is -2.28. The molecule has 1 heterocycles. The minimum absolute atomic E-state index is 0.0784. The topological polar surface area (TPSA) is 0 Å². The standard InChI is InChI=1S/C17H17F3N/c1-21(2)11-10-15(17(18,19)20)16(21)14-9-5-7-12-6-3-4-8-13(12)14/h3-9H,10-11H2,1-2H3/q+1. The van der Waals surface area contributed by atoms with Crippen LogP contribution in [0.5, 0.6) is 0 Å². The van der Waals surface area contributed by atoms with Crippen LogP contribution in [0.1, 0.15) is 12.0 Å². The summed E-state index contributed by atoms with van der Waals surface area (Å²) in [5.41, 5.74) is 0.714. The molecule has 0 fully saturated rings. The number of rotatable bonds is 1. The second-order valence-corrected chi connectivity index (χ2v) is 6.01. The predicted octanol–water partition coefficient (Wildman–Crippen LogP) is 4.59. The molecule has 0 atom stereocenters. The van der Waals surface area contributed by atoms with Gasteiger partial charge in [-0.05, 0) is 16.8 Å². The number of nitrogens with zero attached hydrogens (tertiary/aromatic N) is 1. The summed E-state index contributed by atoms with van der Waals surface area (Å²) in [6.45, 7) is 0.480. The summed E-state index contributed by atoms with van der Waals surface area (Å²) >= 11 is 0. The third-order valence-electron chi connectivity index (χ3n) is 4.20. The van der Waals surface area contributed by atoms with E-state index >= 15 is 0 Å². The summed E-state index contributed by atoms with van der Waals surface area (Å²) in [6, 6.07) is 13.2. The molecule has 21 heavy (non-hydrogen) atoms. The van der Waals surface area contributed by atoms with Gasteiger partial charge in [0, 0.05) is 12.0 Å². The van der Waals surface area contributed by atoms with E-state index in [4.69, 9.17) is 0 Å². The minimum Gasteiger partial charge on any atom is -0.295 e. The van der Waals surface area contributed by atoms with Crippen molar-refractivity contribution in [1.82, 2.24) is 0 Å². The van der Waals surface area contributed by atoms with Crippen molar-refractivity contribution >= 4 is 16.5 Å². The van der Waals surface area contributed by atoms with Gasteiger partial charge in [-0.25, -0.2) is 0 Å². The molecule has 0 saturated heterocycles. The van der Waals surface area contributed by atoms with Gasteiger partial charge >= 0.3 is 6.18 Å². The van der Waals surface area contributed by atoms with Crippen molar-refractivity contribution in [1.29, 1.82) is 0 Å². The van der Waals surface area contributed by atoms with E-state index in [1.54, 1.807) is 6.07 Å². The fourth-order valence-electron chi connectivity index (χ4n) is 3.18. The zero-order valence-corrected chi connectivity index (χ0v) is 12.0. The molecule has 0 bridgehead atoms. The monoisotopic (exact) mass is 292 g/mol. The molecule has 1 aliphatic rings. The van der Waals surface area contributed by atoms with Crippen molar-refractivity contribution in [3.8, 4) is 0 Å². The maximum Gasteiger partial charge on any atom is 0.418 e. The molecule has 0 spiro atoms. The molecule has 3 rings (SSSR count). The van der Waals surface area contributed by atoms with E-state index in [0.29, 0.717) is 17.8 Å². The molecule has 2 aromatic rings. The summed E-state index contributed by atoms with van der Waals surface area (Å²) in [4.78, 5) is 0. The van der Waals surface area contributed by atoms with Crippen LogP contribution in [0.4, 0.5) is 13.2 Å². The van der Waals surface area contributed by atoms with Gasteiger partial charge in [-0.2, -0.15) is 13.2 Å². The Hall–Kier alpha value is -1.81. The van der Waals surface area contributed by atoms with Crippen molar-refractivity contribution in [2.24, 2.45) is 0 Å². The van der Waals surface area contributed by atoms with Crippen LogP contribution in [0.2, 0.25) is 0 Å². The van der Waals surface area contributed by atoms with Gasteiger partial charge < -0.3 is 0 Å². The fourth-order valence-corrected chi connectivity index (χ4v) is 3.18. The Morgan fingerprint density at radius 3 is 2.33 bits per heavy atom. The van der Waals surface area contributed by atoms with Crippen LogP contribution in [0.3, 0.4) is 0 Å². The van der Waals surface area contributed by atoms with E-state index in [0.717, 1.165) is 10.8 Å². The van der Waals surface area contributed by atoms with Gasteiger partial charge in [0.2, 0.25) is 0 Å². The van der Waals surface area contributed by atoms with Gasteiger partial charge in [-0.3, -0.25) is 4.48 Å². The molecular formula is C17H17F3N+. The summed E-state index contributed by atoms with van der Waals surface area (Å²) in [7, 11) is 3.69. The largest absolute Gasteiger partial charge is 0.418 e. The van der Waals surface area contributed by atoms with Crippen molar-refractivity contribution < 1.29 is 17.7 Å². The first-order valence-corrected chi connectivity index (χ1v) is 6.93. The van der Waals surface area contributed by atoms with Crippen LogP contribution < -0.4 is 0 Å². The summed E-state index contributed by atoms with van der Waals surface area (Å²) in [6.07, 6.45) is -4.19. The Balaban J connectivity index is 2.33. The van der Waals surface area contributed by atoms with E-state index in [1.807, 2.05) is 50.5 Å². The second kappa shape index (κ2) is 4.60. The quantitative estimate of drug-likeness (QED) is 0.674. The van der Waals surface area contributed by atoms with Crippen LogP contribution in [-0.4, -0.2) is 31.3 Å². The first-order chi connectivity index (χ1) is 9.81. The number of fused-ring (bicyclic) bond motifs is 1. The smallest absolute Gasteiger partial charge is 0.295 e. The molecule has 1 aliphatic heterocycles. The van der Waals surface area contributed by atoms with Crippen molar-refractivity contribution in [3.63, 3.8) is 0 Å². The summed E-state index contributed by atoms with van der Waals surface area (Å²) in [5, 5.41) is 1.85. The van der Waals surface area contributed by atoms with Crippen LogP contribution in [-0.2, 0) is 0 Å². The molecule has 0 saturated carbocycles. The highest BCUT2D eigenvalue weighted by Crippen LogP contribution is 2.44. The Bertz CT molecular complexity index is 721. The first kappa shape index (κ1) is 14.1. The number of alkyl halides is 3. The van der Waals surface area contributed by atoms with Crippen LogP contribution in [0, 0.1) is 0 Å². The highest BCUT2D eigenvalue weighted by atomic mass is 19.4. The molecule has 1 nitrogen and oxygen atoms in total. The molecular weight excluding hydrogens is 275 g/mol. The average molecular weight is 292 g/mol. The average Bonchev–Trinajstić information content (AvgIpc) is 2.73. The Morgan fingerprint density at radius 1 is 0.952 bits per heavy atom. The van der Waals surface area contributed by atoms with E-state index in [2.05, 4.69) is 0 Å². The van der Waals surface area contributed by atoms with E-state index in [9.17, 15) is 13.2 Å². The molecule has 2 aromatic carbocycles. The highest BCUT2D eigenvalue weighted by Gasteiger charge is 2.47. The molecule has 0 N–H and O–H groups in total. The zero-order valence-electron chi connectivity index (χ0n) is 12.0. The van der Waals surface area contributed by atoms with Crippen molar-refractivity contribution in [2.75, 3.05) is 20.6 Å². The lowest BCUT2D eigenvalue weighted by molar-refractivity contribution is -0.812. The number of hydrogen-bond acceptors (Lipinski definition) is 0. The summed E-state index contributed by atoms with van der Waals surface area (Å²) < 4.78 is 40.4. The Morgan fingerprint density at radius 2 is 1.62 bits per heavy atom. The Kier molecular flexibility index (Phi) is 3.10. The van der Waals surface area contributed by atoms with Crippen LogP contribution in [0.25, 0.3) is 16.5 Å². The molecule has 0 aromatic heterocycles. The van der Waals surface area contributed by atoms with Crippen LogP contribution in [0.15, 0.2) is 48.0 Å². The van der Waals surface area contributed by atoms with E-state index in [1.165, 1.54) is 0 Å². The van der Waals surface area contributed by atoms with E-state index in [-0.39, 0.29) is 16.5 Å². The van der Waals surface area contributed by atoms with Crippen LogP contribution >= 0.6 is 0 Å². The first-order valence-electron chi connectivity index (χ1n) is 6.93. The molecule has 0 aliphatic carbocycles. The van der Waals surface area contributed by atoms with Crippen molar-refractivity contribution in [3.05, 3.63) is 53.6 Å².